The molecule has 9 nitrogen and oxygen atoms in total. The van der Waals surface area contributed by atoms with Gasteiger partial charge in [0.2, 0.25) is 0 Å². The Morgan fingerprint density at radius 3 is 2.81 bits per heavy atom. The number of nitrogen functional groups attached to an aromatic ring is 1. The SMILES string of the molecule is CN1CCN(c2ccncc2NC(=O)c2c(N)nn3cc(F)cnc23)CC1. The fourth-order valence-corrected chi connectivity index (χ4v) is 3.14. The lowest BCUT2D eigenvalue weighted by Gasteiger charge is -2.34. The lowest BCUT2D eigenvalue weighted by molar-refractivity contribution is 0.102. The Labute approximate surface area is 154 Å². The zero-order valence-corrected chi connectivity index (χ0v) is 14.8. The van der Waals surface area contributed by atoms with Gasteiger partial charge >= 0.3 is 0 Å². The number of amides is 1. The maximum Gasteiger partial charge on any atom is 0.263 e. The normalized spacial score (nSPS) is 15.3. The summed E-state index contributed by atoms with van der Waals surface area (Å²) in [5.74, 6) is -1.05. The van der Waals surface area contributed by atoms with Crippen LogP contribution in [-0.2, 0) is 0 Å². The van der Waals surface area contributed by atoms with Gasteiger partial charge in [0, 0.05) is 32.4 Å². The summed E-state index contributed by atoms with van der Waals surface area (Å²) in [6, 6.07) is 1.87. The number of fused-ring (bicyclic) bond motifs is 1. The van der Waals surface area contributed by atoms with Crippen LogP contribution in [0.4, 0.5) is 21.6 Å². The van der Waals surface area contributed by atoms with Gasteiger partial charge in [0.1, 0.15) is 5.56 Å². The summed E-state index contributed by atoms with van der Waals surface area (Å²) in [5.41, 5.74) is 7.62. The first-order chi connectivity index (χ1) is 13.0. The molecule has 0 bridgehead atoms. The molecule has 0 aliphatic carbocycles. The van der Waals surface area contributed by atoms with E-state index in [9.17, 15) is 9.18 Å². The van der Waals surface area contributed by atoms with Gasteiger partial charge in [0.25, 0.3) is 5.91 Å². The van der Waals surface area contributed by atoms with Crippen LogP contribution in [0.25, 0.3) is 5.65 Å². The van der Waals surface area contributed by atoms with E-state index in [4.69, 9.17) is 5.73 Å². The molecule has 4 heterocycles. The number of hydrogen-bond acceptors (Lipinski definition) is 7. The Kier molecular flexibility index (Phi) is 4.32. The summed E-state index contributed by atoms with van der Waals surface area (Å²) < 4.78 is 14.5. The van der Waals surface area contributed by atoms with E-state index in [0.29, 0.717) is 5.69 Å². The number of anilines is 3. The van der Waals surface area contributed by atoms with Crippen molar-refractivity contribution in [3.8, 4) is 0 Å². The number of pyridine rings is 1. The molecular formula is C17H19FN8O. The molecule has 4 rings (SSSR count). The molecule has 0 unspecified atom stereocenters. The van der Waals surface area contributed by atoms with Crippen LogP contribution in [0.15, 0.2) is 30.9 Å². The number of nitrogens with one attached hydrogen (secondary N) is 1. The first-order valence-corrected chi connectivity index (χ1v) is 8.51. The third-order valence-electron chi connectivity index (χ3n) is 4.59. The molecule has 3 N–H and O–H groups in total. The smallest absolute Gasteiger partial charge is 0.263 e. The number of rotatable bonds is 3. The van der Waals surface area contributed by atoms with Gasteiger partial charge in [-0.3, -0.25) is 9.78 Å². The molecule has 1 amide bonds. The topological polar surface area (TPSA) is 105 Å². The predicted molar refractivity (Wildman–Crippen MR) is 99.3 cm³/mol. The number of carbonyl (C=O) groups excluding carboxylic acids is 1. The molecule has 0 radical (unpaired) electrons. The minimum atomic E-state index is -0.568. The fourth-order valence-electron chi connectivity index (χ4n) is 3.14. The Morgan fingerprint density at radius 1 is 1.26 bits per heavy atom. The molecule has 1 aliphatic rings. The van der Waals surface area contributed by atoms with Gasteiger partial charge in [0.15, 0.2) is 17.3 Å². The van der Waals surface area contributed by atoms with Crippen molar-refractivity contribution in [2.75, 3.05) is 49.2 Å². The highest BCUT2D eigenvalue weighted by molar-refractivity contribution is 6.12. The molecule has 0 saturated carbocycles. The summed E-state index contributed by atoms with van der Waals surface area (Å²) in [4.78, 5) is 25.4. The Morgan fingerprint density at radius 2 is 2.04 bits per heavy atom. The molecule has 3 aromatic heterocycles. The van der Waals surface area contributed by atoms with E-state index in [1.807, 2.05) is 6.07 Å². The maximum absolute atomic E-state index is 13.3. The summed E-state index contributed by atoms with van der Waals surface area (Å²) >= 11 is 0. The number of nitrogens with zero attached hydrogens (tertiary/aromatic N) is 6. The van der Waals surface area contributed by atoms with Crippen molar-refractivity contribution in [3.05, 3.63) is 42.2 Å². The third kappa shape index (κ3) is 3.26. The second kappa shape index (κ2) is 6.80. The van der Waals surface area contributed by atoms with Crippen LogP contribution in [0, 0.1) is 5.82 Å². The average Bonchev–Trinajstić information content (AvgIpc) is 2.98. The van der Waals surface area contributed by atoms with E-state index < -0.39 is 11.7 Å². The quantitative estimate of drug-likeness (QED) is 0.704. The third-order valence-corrected chi connectivity index (χ3v) is 4.59. The summed E-state index contributed by atoms with van der Waals surface area (Å²) in [5, 5.41) is 6.80. The van der Waals surface area contributed by atoms with Crippen molar-refractivity contribution < 1.29 is 9.18 Å². The number of hydrogen-bond donors (Lipinski definition) is 2. The minimum absolute atomic E-state index is 0.0179. The Hall–Kier alpha value is -3.27. The number of likely N-dealkylation sites (N-methyl/N-ethyl adjacent to an activating group) is 1. The molecule has 140 valence electrons. The monoisotopic (exact) mass is 370 g/mol. The second-order valence-corrected chi connectivity index (χ2v) is 6.44. The molecule has 0 atom stereocenters. The van der Waals surface area contributed by atoms with Gasteiger partial charge in [-0.2, -0.15) is 0 Å². The number of carbonyl (C=O) groups is 1. The Bertz CT molecular complexity index is 996. The van der Waals surface area contributed by atoms with Gasteiger partial charge in [-0.25, -0.2) is 13.9 Å². The second-order valence-electron chi connectivity index (χ2n) is 6.44. The van der Waals surface area contributed by atoms with Gasteiger partial charge < -0.3 is 20.9 Å². The van der Waals surface area contributed by atoms with E-state index >= 15 is 0 Å². The van der Waals surface area contributed by atoms with Crippen molar-refractivity contribution in [2.24, 2.45) is 0 Å². The van der Waals surface area contributed by atoms with Crippen molar-refractivity contribution in [1.29, 1.82) is 0 Å². The average molecular weight is 370 g/mol. The highest BCUT2D eigenvalue weighted by Crippen LogP contribution is 2.27. The number of nitrogens with two attached hydrogens (primary N) is 1. The fraction of sp³-hybridized carbons (Fsp3) is 0.294. The molecule has 27 heavy (non-hydrogen) atoms. The van der Waals surface area contributed by atoms with Crippen LogP contribution < -0.4 is 16.0 Å². The highest BCUT2D eigenvalue weighted by Gasteiger charge is 2.22. The van der Waals surface area contributed by atoms with Crippen LogP contribution in [0.5, 0.6) is 0 Å². The van der Waals surface area contributed by atoms with E-state index in [0.717, 1.165) is 48.8 Å². The van der Waals surface area contributed by atoms with Gasteiger partial charge in [0.05, 0.1) is 30.0 Å². The van der Waals surface area contributed by atoms with Crippen LogP contribution in [-0.4, -0.2) is 63.6 Å². The van der Waals surface area contributed by atoms with Crippen molar-refractivity contribution in [2.45, 2.75) is 0 Å². The van der Waals surface area contributed by atoms with E-state index in [2.05, 4.69) is 37.2 Å². The summed E-state index contributed by atoms with van der Waals surface area (Å²) in [7, 11) is 2.08. The lowest BCUT2D eigenvalue weighted by atomic mass is 10.2. The molecular weight excluding hydrogens is 351 g/mol. The van der Waals surface area contributed by atoms with Crippen LogP contribution in [0.2, 0.25) is 0 Å². The van der Waals surface area contributed by atoms with Gasteiger partial charge in [-0.15, -0.1) is 5.10 Å². The maximum atomic E-state index is 13.3. The largest absolute Gasteiger partial charge is 0.381 e. The highest BCUT2D eigenvalue weighted by atomic mass is 19.1. The van der Waals surface area contributed by atoms with E-state index in [1.165, 1.54) is 0 Å². The molecule has 1 fully saturated rings. The van der Waals surface area contributed by atoms with Crippen molar-refractivity contribution in [3.63, 3.8) is 0 Å². The standard InChI is InChI=1S/C17H19FN8O/c1-24-4-6-25(7-5-24)13-2-3-20-9-12(13)22-17(27)14-15(19)23-26-10-11(18)8-21-16(14)26/h2-3,8-10H,4-7H2,1H3,(H2,19,23)(H,22,27). The number of piperazine rings is 1. The van der Waals surface area contributed by atoms with Gasteiger partial charge in [-0.05, 0) is 13.1 Å². The molecule has 0 aromatic carbocycles. The van der Waals surface area contributed by atoms with Crippen molar-refractivity contribution >= 4 is 28.7 Å². The lowest BCUT2D eigenvalue weighted by Crippen LogP contribution is -2.44. The zero-order valence-electron chi connectivity index (χ0n) is 14.8. The molecule has 3 aromatic rings. The van der Waals surface area contributed by atoms with Crippen LogP contribution >= 0.6 is 0 Å². The Balaban J connectivity index is 1.64. The first-order valence-electron chi connectivity index (χ1n) is 8.51. The molecule has 0 spiro atoms. The number of halogens is 1. The first kappa shape index (κ1) is 17.2. The summed E-state index contributed by atoms with van der Waals surface area (Å²) in [6.45, 7) is 3.57. The van der Waals surface area contributed by atoms with E-state index in [-0.39, 0.29) is 17.0 Å². The minimum Gasteiger partial charge on any atom is -0.381 e. The van der Waals surface area contributed by atoms with E-state index in [1.54, 1.807) is 12.4 Å². The molecule has 1 aliphatic heterocycles. The number of aromatic nitrogens is 4. The van der Waals surface area contributed by atoms with Crippen LogP contribution in [0.1, 0.15) is 10.4 Å². The van der Waals surface area contributed by atoms with Crippen molar-refractivity contribution in [1.82, 2.24) is 24.5 Å². The predicted octanol–water partition coefficient (Wildman–Crippen LogP) is 0.850. The molecule has 10 heteroatoms. The van der Waals surface area contributed by atoms with Crippen LogP contribution in [0.3, 0.4) is 0 Å². The molecule has 1 saturated heterocycles. The van der Waals surface area contributed by atoms with Gasteiger partial charge in [-0.1, -0.05) is 0 Å². The zero-order chi connectivity index (χ0) is 19.0. The summed E-state index contributed by atoms with van der Waals surface area (Å²) in [6.07, 6.45) is 5.43.